The van der Waals surface area contributed by atoms with E-state index in [0.717, 1.165) is 12.1 Å². The minimum atomic E-state index is -3.70. The Balaban J connectivity index is 1.94. The molecular weight excluding hydrogens is 385 g/mol. The maximum absolute atomic E-state index is 13.0. The maximum atomic E-state index is 13.0. The molecule has 0 aliphatic carbocycles. The maximum Gasteiger partial charge on any atom is 0.243 e. The molecule has 1 aliphatic heterocycles. The molecule has 1 aromatic carbocycles. The zero-order chi connectivity index (χ0) is 20.9. The van der Waals surface area contributed by atoms with Crippen LogP contribution in [0.1, 0.15) is 26.7 Å². The molecule has 156 valence electrons. The Morgan fingerprint density at radius 1 is 1.11 bits per heavy atom. The van der Waals surface area contributed by atoms with Gasteiger partial charge in [0.25, 0.3) is 0 Å². The van der Waals surface area contributed by atoms with E-state index < -0.39 is 15.8 Å². The third-order valence-corrected chi connectivity index (χ3v) is 7.03. The minimum Gasteiger partial charge on any atom is -0.342 e. The topological polar surface area (TPSA) is 78.0 Å². The number of hydrogen-bond donors (Lipinski definition) is 0. The van der Waals surface area contributed by atoms with Crippen molar-refractivity contribution >= 4 is 21.8 Å². The van der Waals surface area contributed by atoms with Gasteiger partial charge in [0.05, 0.1) is 11.4 Å². The molecule has 1 aromatic rings. The lowest BCUT2D eigenvalue weighted by atomic mass is 9.96. The van der Waals surface area contributed by atoms with Crippen molar-refractivity contribution in [3.8, 4) is 0 Å². The highest BCUT2D eigenvalue weighted by molar-refractivity contribution is 7.89. The number of likely N-dealkylation sites (N-methyl/N-ethyl adjacent to an activating group) is 2. The predicted molar refractivity (Wildman–Crippen MR) is 103 cm³/mol. The van der Waals surface area contributed by atoms with Crippen molar-refractivity contribution in [3.05, 3.63) is 30.1 Å². The first-order valence-corrected chi connectivity index (χ1v) is 10.9. The van der Waals surface area contributed by atoms with Crippen LogP contribution in [0.2, 0.25) is 0 Å². The molecule has 28 heavy (non-hydrogen) atoms. The van der Waals surface area contributed by atoms with E-state index in [-0.39, 0.29) is 42.3 Å². The number of amides is 2. The molecule has 1 saturated heterocycles. The van der Waals surface area contributed by atoms with Gasteiger partial charge in [-0.25, -0.2) is 12.8 Å². The smallest absolute Gasteiger partial charge is 0.243 e. The molecule has 0 saturated carbocycles. The second-order valence-electron chi connectivity index (χ2n) is 6.89. The first-order valence-electron chi connectivity index (χ1n) is 9.49. The quantitative estimate of drug-likeness (QED) is 0.680. The van der Waals surface area contributed by atoms with Crippen LogP contribution in [-0.2, 0) is 19.6 Å². The summed E-state index contributed by atoms with van der Waals surface area (Å²) >= 11 is 0. The molecule has 1 fully saturated rings. The molecule has 1 heterocycles. The van der Waals surface area contributed by atoms with Crippen LogP contribution >= 0.6 is 0 Å². The van der Waals surface area contributed by atoms with Gasteiger partial charge in [-0.1, -0.05) is 0 Å². The van der Waals surface area contributed by atoms with Gasteiger partial charge >= 0.3 is 0 Å². The van der Waals surface area contributed by atoms with Gasteiger partial charge in [0.15, 0.2) is 0 Å². The highest BCUT2D eigenvalue weighted by Crippen LogP contribution is 2.25. The van der Waals surface area contributed by atoms with Crippen molar-refractivity contribution in [2.75, 3.05) is 39.8 Å². The normalized spacial score (nSPS) is 16.0. The molecule has 0 aromatic heterocycles. The zero-order valence-corrected chi connectivity index (χ0v) is 17.4. The minimum absolute atomic E-state index is 0.0224. The standard InChI is InChI=1S/C19H28FN3O4S/c1-4-22(5-2)18(24)14-21(3)19(25)15-10-12-23(13-11-15)28(26,27)17-8-6-16(20)7-9-17/h6-9,15H,4-5,10-14H2,1-3H3. The Labute approximate surface area is 166 Å². The van der Waals surface area contributed by atoms with Crippen molar-refractivity contribution in [3.63, 3.8) is 0 Å². The monoisotopic (exact) mass is 413 g/mol. The summed E-state index contributed by atoms with van der Waals surface area (Å²) in [5, 5.41) is 0. The van der Waals surface area contributed by atoms with Gasteiger partial charge in [-0.2, -0.15) is 4.31 Å². The van der Waals surface area contributed by atoms with Crippen molar-refractivity contribution < 1.29 is 22.4 Å². The summed E-state index contributed by atoms with van der Waals surface area (Å²) in [7, 11) is -2.10. The van der Waals surface area contributed by atoms with E-state index >= 15 is 0 Å². The average molecular weight is 414 g/mol. The lowest BCUT2D eigenvalue weighted by Gasteiger charge is -2.32. The molecule has 0 radical (unpaired) electrons. The van der Waals surface area contributed by atoms with Crippen molar-refractivity contribution in [2.24, 2.45) is 5.92 Å². The summed E-state index contributed by atoms with van der Waals surface area (Å²) < 4.78 is 39.7. The SMILES string of the molecule is CCN(CC)C(=O)CN(C)C(=O)C1CCN(S(=O)(=O)c2ccc(F)cc2)CC1. The second-order valence-corrected chi connectivity index (χ2v) is 8.83. The van der Waals surface area contributed by atoms with Gasteiger partial charge < -0.3 is 9.80 Å². The fourth-order valence-electron chi connectivity index (χ4n) is 3.37. The van der Waals surface area contributed by atoms with Crippen LogP contribution < -0.4 is 0 Å². The number of carbonyl (C=O) groups is 2. The van der Waals surface area contributed by atoms with Crippen molar-refractivity contribution in [2.45, 2.75) is 31.6 Å². The van der Waals surface area contributed by atoms with Crippen LogP contribution in [0.5, 0.6) is 0 Å². The molecule has 0 spiro atoms. The molecule has 0 bridgehead atoms. The summed E-state index contributed by atoms with van der Waals surface area (Å²) in [6.45, 7) is 5.42. The first-order chi connectivity index (χ1) is 13.2. The fraction of sp³-hybridized carbons (Fsp3) is 0.579. The van der Waals surface area contributed by atoms with Gasteiger partial charge in [-0.15, -0.1) is 0 Å². The van der Waals surface area contributed by atoms with Crippen molar-refractivity contribution in [1.82, 2.24) is 14.1 Å². The number of rotatable bonds is 7. The van der Waals surface area contributed by atoms with Crippen LogP contribution in [0.15, 0.2) is 29.2 Å². The highest BCUT2D eigenvalue weighted by atomic mass is 32.2. The Kier molecular flexibility index (Phi) is 7.54. The number of benzene rings is 1. The van der Waals surface area contributed by atoms with E-state index in [1.165, 1.54) is 21.3 Å². The third kappa shape index (κ3) is 5.08. The van der Waals surface area contributed by atoms with Crippen molar-refractivity contribution in [1.29, 1.82) is 0 Å². The van der Waals surface area contributed by atoms with Crippen LogP contribution in [-0.4, -0.2) is 74.1 Å². The van der Waals surface area contributed by atoms with Gasteiger partial charge in [0.1, 0.15) is 5.82 Å². The summed E-state index contributed by atoms with van der Waals surface area (Å²) in [6, 6.07) is 4.72. The Bertz CT molecular complexity index is 786. The summed E-state index contributed by atoms with van der Waals surface area (Å²) in [5.74, 6) is -1.05. The van der Waals surface area contributed by atoms with E-state index in [1.54, 1.807) is 11.9 Å². The van der Waals surface area contributed by atoms with E-state index in [1.807, 2.05) is 13.8 Å². The molecule has 2 rings (SSSR count). The van der Waals surface area contributed by atoms with E-state index in [4.69, 9.17) is 0 Å². The largest absolute Gasteiger partial charge is 0.342 e. The number of sulfonamides is 1. The Hall–Kier alpha value is -2.00. The zero-order valence-electron chi connectivity index (χ0n) is 16.6. The summed E-state index contributed by atoms with van der Waals surface area (Å²) in [4.78, 5) is 28.0. The Morgan fingerprint density at radius 2 is 1.64 bits per heavy atom. The van der Waals surface area contributed by atoms with Crippen LogP contribution in [0.4, 0.5) is 4.39 Å². The third-order valence-electron chi connectivity index (χ3n) is 5.12. The fourth-order valence-corrected chi connectivity index (χ4v) is 4.84. The number of nitrogens with zero attached hydrogens (tertiary/aromatic N) is 3. The molecule has 0 unspecified atom stereocenters. The highest BCUT2D eigenvalue weighted by Gasteiger charge is 2.33. The van der Waals surface area contributed by atoms with E-state index in [0.29, 0.717) is 25.9 Å². The Morgan fingerprint density at radius 3 is 2.14 bits per heavy atom. The number of halogens is 1. The van der Waals surface area contributed by atoms with Crippen LogP contribution in [0.25, 0.3) is 0 Å². The number of carbonyl (C=O) groups excluding carboxylic acids is 2. The lowest BCUT2D eigenvalue weighted by Crippen LogP contribution is -2.46. The molecular formula is C19H28FN3O4S. The van der Waals surface area contributed by atoms with Gasteiger partial charge in [-0.3, -0.25) is 9.59 Å². The van der Waals surface area contributed by atoms with Gasteiger partial charge in [0.2, 0.25) is 21.8 Å². The van der Waals surface area contributed by atoms with E-state index in [2.05, 4.69) is 0 Å². The van der Waals surface area contributed by atoms with Crippen LogP contribution in [0.3, 0.4) is 0 Å². The van der Waals surface area contributed by atoms with Gasteiger partial charge in [0, 0.05) is 39.1 Å². The summed E-state index contributed by atoms with van der Waals surface area (Å²) in [6.07, 6.45) is 0.784. The molecule has 7 nitrogen and oxygen atoms in total. The molecule has 0 atom stereocenters. The number of hydrogen-bond acceptors (Lipinski definition) is 4. The lowest BCUT2D eigenvalue weighted by molar-refractivity contribution is -0.142. The molecule has 1 aliphatic rings. The van der Waals surface area contributed by atoms with Gasteiger partial charge in [-0.05, 0) is 51.0 Å². The average Bonchev–Trinajstić information content (AvgIpc) is 2.68. The summed E-state index contributed by atoms with van der Waals surface area (Å²) in [5.41, 5.74) is 0. The first kappa shape index (κ1) is 22.3. The van der Waals surface area contributed by atoms with Crippen LogP contribution in [0, 0.1) is 11.7 Å². The second kappa shape index (κ2) is 9.47. The van der Waals surface area contributed by atoms with E-state index in [9.17, 15) is 22.4 Å². The molecule has 0 N–H and O–H groups in total. The predicted octanol–water partition coefficient (Wildman–Crippen LogP) is 1.55. The molecule has 2 amide bonds. The number of piperidine rings is 1. The molecule has 9 heteroatoms.